The predicted molar refractivity (Wildman–Crippen MR) is 105 cm³/mol. The van der Waals surface area contributed by atoms with Gasteiger partial charge >= 0.3 is 5.69 Å². The SMILES string of the molecule is N[C@@H]1CCCC[C@H]1Nc1nc(=NC2CC2)n2nc/c(=C/c3[nH]c(=O)[nH]c3O)c2n1. The summed E-state index contributed by atoms with van der Waals surface area (Å²) in [6.07, 6.45) is 9.52. The molecule has 3 heterocycles. The fraction of sp³-hybridized carbons (Fsp3) is 0.500. The summed E-state index contributed by atoms with van der Waals surface area (Å²) in [5, 5.41) is 18.2. The molecule has 2 aliphatic carbocycles. The van der Waals surface area contributed by atoms with Gasteiger partial charge in [-0.1, -0.05) is 12.8 Å². The van der Waals surface area contributed by atoms with Gasteiger partial charge in [-0.2, -0.15) is 19.6 Å². The number of aromatic hydroxyl groups is 1. The van der Waals surface area contributed by atoms with Crippen molar-refractivity contribution in [1.82, 2.24) is 29.5 Å². The van der Waals surface area contributed by atoms with E-state index >= 15 is 0 Å². The first-order valence-corrected chi connectivity index (χ1v) is 9.91. The second-order valence-electron chi connectivity index (χ2n) is 7.73. The quantitative estimate of drug-likeness (QED) is 0.382. The van der Waals surface area contributed by atoms with Crippen molar-refractivity contribution in [2.24, 2.45) is 10.7 Å². The highest BCUT2D eigenvalue weighted by Gasteiger charge is 2.24. The van der Waals surface area contributed by atoms with Crippen LogP contribution in [0.3, 0.4) is 0 Å². The maximum absolute atomic E-state index is 11.4. The molecule has 0 bridgehead atoms. The zero-order chi connectivity index (χ0) is 20.0. The molecule has 0 saturated heterocycles. The first-order valence-electron chi connectivity index (χ1n) is 9.91. The number of aromatic amines is 2. The molecule has 2 aliphatic rings. The fourth-order valence-corrected chi connectivity index (χ4v) is 3.65. The average molecular weight is 397 g/mol. The molecule has 5 rings (SSSR count). The molecule has 2 atom stereocenters. The number of imidazole rings is 1. The third kappa shape index (κ3) is 3.60. The zero-order valence-corrected chi connectivity index (χ0v) is 15.8. The van der Waals surface area contributed by atoms with Crippen molar-refractivity contribution in [3.8, 4) is 5.88 Å². The molecule has 0 aliphatic heterocycles. The van der Waals surface area contributed by atoms with Crippen molar-refractivity contribution in [3.05, 3.63) is 33.2 Å². The Hall–Kier alpha value is -3.21. The summed E-state index contributed by atoms with van der Waals surface area (Å²) in [5.74, 6) is 0.221. The minimum Gasteiger partial charge on any atom is -0.493 e. The number of fused-ring (bicyclic) bond motifs is 1. The minimum atomic E-state index is -0.488. The number of hydrogen-bond donors (Lipinski definition) is 5. The molecule has 0 radical (unpaired) electrons. The third-order valence-electron chi connectivity index (χ3n) is 5.39. The number of aromatic nitrogens is 6. The van der Waals surface area contributed by atoms with Crippen LogP contribution in [0, 0.1) is 0 Å². The van der Waals surface area contributed by atoms with E-state index in [0.717, 1.165) is 38.5 Å². The lowest BCUT2D eigenvalue weighted by molar-refractivity contribution is 0.402. The Morgan fingerprint density at radius 3 is 2.79 bits per heavy atom. The molecule has 11 nitrogen and oxygen atoms in total. The fourth-order valence-electron chi connectivity index (χ4n) is 3.65. The molecule has 0 spiro atoms. The van der Waals surface area contributed by atoms with Gasteiger partial charge in [0.05, 0.1) is 12.2 Å². The van der Waals surface area contributed by atoms with E-state index in [4.69, 9.17) is 5.73 Å². The lowest BCUT2D eigenvalue weighted by atomic mass is 9.91. The summed E-state index contributed by atoms with van der Waals surface area (Å²) in [5.41, 5.74) is 7.06. The molecule has 3 aromatic heterocycles. The zero-order valence-electron chi connectivity index (χ0n) is 15.8. The van der Waals surface area contributed by atoms with Crippen LogP contribution >= 0.6 is 0 Å². The van der Waals surface area contributed by atoms with Crippen molar-refractivity contribution < 1.29 is 5.11 Å². The van der Waals surface area contributed by atoms with Crippen molar-refractivity contribution in [1.29, 1.82) is 0 Å². The Morgan fingerprint density at radius 2 is 2.07 bits per heavy atom. The van der Waals surface area contributed by atoms with Gasteiger partial charge in [0.15, 0.2) is 5.65 Å². The highest BCUT2D eigenvalue weighted by molar-refractivity contribution is 5.57. The third-order valence-corrected chi connectivity index (χ3v) is 5.39. The Kier molecular flexibility index (Phi) is 4.31. The van der Waals surface area contributed by atoms with E-state index in [1.165, 1.54) is 0 Å². The molecule has 152 valence electrons. The summed E-state index contributed by atoms with van der Waals surface area (Å²) in [6, 6.07) is 0.435. The van der Waals surface area contributed by atoms with Crippen LogP contribution in [0.1, 0.15) is 44.2 Å². The van der Waals surface area contributed by atoms with Gasteiger partial charge in [0.25, 0.3) is 5.62 Å². The van der Waals surface area contributed by atoms with Crippen molar-refractivity contribution >= 4 is 17.7 Å². The summed E-state index contributed by atoms with van der Waals surface area (Å²) < 4.78 is 1.58. The highest BCUT2D eigenvalue weighted by Crippen LogP contribution is 2.22. The van der Waals surface area contributed by atoms with Gasteiger partial charge in [0, 0.05) is 17.3 Å². The van der Waals surface area contributed by atoms with E-state index in [9.17, 15) is 9.90 Å². The van der Waals surface area contributed by atoms with Crippen LogP contribution in [0.4, 0.5) is 5.95 Å². The van der Waals surface area contributed by atoms with Crippen LogP contribution < -0.4 is 27.6 Å². The van der Waals surface area contributed by atoms with Gasteiger partial charge in [-0.15, -0.1) is 0 Å². The second-order valence-corrected chi connectivity index (χ2v) is 7.73. The Labute approximate surface area is 164 Å². The maximum atomic E-state index is 11.4. The molecule has 6 N–H and O–H groups in total. The number of hydrogen-bond acceptors (Lipinski definition) is 8. The second kappa shape index (κ2) is 6.99. The van der Waals surface area contributed by atoms with E-state index in [1.807, 2.05) is 0 Å². The lowest BCUT2D eigenvalue weighted by Gasteiger charge is -2.29. The Morgan fingerprint density at radius 1 is 1.24 bits per heavy atom. The Balaban J connectivity index is 1.63. The van der Waals surface area contributed by atoms with Crippen molar-refractivity contribution in [2.45, 2.75) is 56.7 Å². The first kappa shape index (κ1) is 17.9. The van der Waals surface area contributed by atoms with Gasteiger partial charge in [-0.25, -0.2) is 9.79 Å². The first-order chi connectivity index (χ1) is 14.1. The molecular weight excluding hydrogens is 374 g/mol. The van der Waals surface area contributed by atoms with Crippen molar-refractivity contribution in [3.63, 3.8) is 0 Å². The smallest absolute Gasteiger partial charge is 0.326 e. The number of nitrogens with two attached hydrogens (primary N) is 1. The highest BCUT2D eigenvalue weighted by atomic mass is 16.3. The number of nitrogens with one attached hydrogen (secondary N) is 3. The molecule has 3 aromatic rings. The standard InChI is InChI=1S/C18H23N9O2/c19-11-3-1-2-4-12(11)22-16-24-14-9(7-13-15(28)25-18(29)23-13)8-20-27(14)17(26-16)21-10-5-6-10/h7-8,10-12,28H,1-6,19H2,(H,21,22,26)(H2,23,25,29)/b9-7-/t11-,12-/m1/s1. The van der Waals surface area contributed by atoms with E-state index < -0.39 is 5.69 Å². The summed E-state index contributed by atoms with van der Waals surface area (Å²) in [7, 11) is 0. The van der Waals surface area contributed by atoms with Gasteiger partial charge in [0.2, 0.25) is 11.8 Å². The van der Waals surface area contributed by atoms with E-state index in [1.54, 1.807) is 16.8 Å². The molecule has 2 saturated carbocycles. The van der Waals surface area contributed by atoms with Gasteiger partial charge < -0.3 is 21.1 Å². The van der Waals surface area contributed by atoms with E-state index in [0.29, 0.717) is 22.4 Å². The number of rotatable bonds is 4. The van der Waals surface area contributed by atoms with Crippen LogP contribution in [0.25, 0.3) is 11.7 Å². The number of nitrogens with zero attached hydrogens (tertiary/aromatic N) is 5. The topological polar surface area (TPSA) is 162 Å². The molecule has 0 amide bonds. The molecule has 0 aromatic carbocycles. The lowest BCUT2D eigenvalue weighted by Crippen LogP contribution is -2.43. The number of anilines is 1. The van der Waals surface area contributed by atoms with Crippen LogP contribution in [-0.2, 0) is 0 Å². The molecular formula is C18H23N9O2. The maximum Gasteiger partial charge on any atom is 0.326 e. The van der Waals surface area contributed by atoms with Crippen LogP contribution in [-0.4, -0.2) is 52.8 Å². The van der Waals surface area contributed by atoms with E-state index in [-0.39, 0.29) is 29.7 Å². The van der Waals surface area contributed by atoms with Crippen LogP contribution in [0.15, 0.2) is 16.0 Å². The molecule has 2 fully saturated rings. The van der Waals surface area contributed by atoms with Crippen LogP contribution in [0.2, 0.25) is 0 Å². The van der Waals surface area contributed by atoms with Crippen molar-refractivity contribution in [2.75, 3.05) is 5.32 Å². The largest absolute Gasteiger partial charge is 0.493 e. The monoisotopic (exact) mass is 397 g/mol. The summed E-state index contributed by atoms with van der Waals surface area (Å²) in [4.78, 5) is 30.1. The van der Waals surface area contributed by atoms with E-state index in [2.05, 4.69) is 35.3 Å². The average Bonchev–Trinajstić information content (AvgIpc) is 3.33. The van der Waals surface area contributed by atoms with Gasteiger partial charge in [0.1, 0.15) is 5.69 Å². The Bertz CT molecular complexity index is 1220. The normalized spacial score (nSPS) is 23.8. The summed E-state index contributed by atoms with van der Waals surface area (Å²) >= 11 is 0. The molecule has 11 heteroatoms. The van der Waals surface area contributed by atoms with Gasteiger partial charge in [-0.05, 0) is 31.8 Å². The molecule has 29 heavy (non-hydrogen) atoms. The van der Waals surface area contributed by atoms with Crippen LogP contribution in [0.5, 0.6) is 5.88 Å². The molecule has 0 unspecified atom stereocenters. The predicted octanol–water partition coefficient (Wildman–Crippen LogP) is -0.861. The minimum absolute atomic E-state index is 0.0604. The van der Waals surface area contributed by atoms with Gasteiger partial charge in [-0.3, -0.25) is 4.98 Å². The number of H-pyrrole nitrogens is 2. The summed E-state index contributed by atoms with van der Waals surface area (Å²) in [6.45, 7) is 0.